The van der Waals surface area contributed by atoms with Crippen molar-refractivity contribution in [1.29, 1.82) is 0 Å². The lowest BCUT2D eigenvalue weighted by Crippen LogP contribution is -2.18. The van der Waals surface area contributed by atoms with Crippen LogP contribution >= 0.6 is 15.9 Å². The summed E-state index contributed by atoms with van der Waals surface area (Å²) in [6, 6.07) is 3.14. The topological polar surface area (TPSA) is 22.0 Å². The highest BCUT2D eigenvalue weighted by Crippen LogP contribution is 2.04. The highest BCUT2D eigenvalue weighted by molar-refractivity contribution is 9.10. The van der Waals surface area contributed by atoms with E-state index >= 15 is 0 Å². The van der Waals surface area contributed by atoms with Crippen LogP contribution in [0.3, 0.4) is 0 Å². The minimum atomic E-state index is -0.390. The van der Waals surface area contributed by atoms with Crippen LogP contribution in [0.15, 0.2) is 27.6 Å². The Balaban J connectivity index is 2.83. The predicted octanol–water partition coefficient (Wildman–Crippen LogP) is 1.97. The Bertz CT molecular complexity index is 310. The second-order valence-corrected chi connectivity index (χ2v) is 3.34. The molecule has 0 radical (unpaired) electrons. The number of halogens is 2. The van der Waals surface area contributed by atoms with Crippen LogP contribution in [-0.4, -0.2) is 11.2 Å². The number of rotatable bonds is 3. The highest BCUT2D eigenvalue weighted by atomic mass is 79.9. The fourth-order valence-electron chi connectivity index (χ4n) is 0.907. The average Bonchev–Trinajstić information content (AvgIpc) is 2.07. The first kappa shape index (κ1) is 9.45. The van der Waals surface area contributed by atoms with E-state index in [0.29, 0.717) is 13.0 Å². The average molecular weight is 234 g/mol. The predicted molar refractivity (Wildman–Crippen MR) is 49.0 cm³/mol. The van der Waals surface area contributed by atoms with Gasteiger partial charge in [-0.15, -0.1) is 0 Å². The van der Waals surface area contributed by atoms with Crippen molar-refractivity contribution in [3.05, 3.63) is 33.2 Å². The van der Waals surface area contributed by atoms with E-state index in [0.717, 1.165) is 4.47 Å². The summed E-state index contributed by atoms with van der Waals surface area (Å²) in [5.41, 5.74) is -0.0911. The molecule has 0 aliphatic rings. The molecule has 0 unspecified atom stereocenters. The Morgan fingerprint density at radius 3 is 2.92 bits per heavy atom. The van der Waals surface area contributed by atoms with E-state index in [1.165, 1.54) is 10.6 Å². The first-order valence-electron chi connectivity index (χ1n) is 3.66. The SMILES string of the molecule is O=c1ccc(Br)cn1CCCF. The summed E-state index contributed by atoms with van der Waals surface area (Å²) < 4.78 is 14.1. The maximum Gasteiger partial charge on any atom is 0.250 e. The van der Waals surface area contributed by atoms with Crippen LogP contribution in [0.4, 0.5) is 4.39 Å². The van der Waals surface area contributed by atoms with Gasteiger partial charge in [-0.2, -0.15) is 0 Å². The monoisotopic (exact) mass is 233 g/mol. The molecule has 1 rings (SSSR count). The van der Waals surface area contributed by atoms with Gasteiger partial charge in [-0.1, -0.05) is 0 Å². The smallest absolute Gasteiger partial charge is 0.250 e. The van der Waals surface area contributed by atoms with Gasteiger partial charge in [0, 0.05) is 23.3 Å². The van der Waals surface area contributed by atoms with E-state index in [1.54, 1.807) is 12.3 Å². The van der Waals surface area contributed by atoms with Crippen molar-refractivity contribution < 1.29 is 4.39 Å². The fourth-order valence-corrected chi connectivity index (χ4v) is 1.29. The van der Waals surface area contributed by atoms with Crippen molar-refractivity contribution >= 4 is 15.9 Å². The number of hydrogen-bond donors (Lipinski definition) is 0. The van der Waals surface area contributed by atoms with Gasteiger partial charge in [-0.05, 0) is 28.4 Å². The number of aryl methyl sites for hydroxylation is 1. The Hall–Kier alpha value is -0.640. The molecular weight excluding hydrogens is 225 g/mol. The fraction of sp³-hybridized carbons (Fsp3) is 0.375. The Kier molecular flexibility index (Phi) is 3.47. The summed E-state index contributed by atoms with van der Waals surface area (Å²) in [6.45, 7) is 0.0493. The molecule has 0 saturated heterocycles. The van der Waals surface area contributed by atoms with Crippen LogP contribution in [0.25, 0.3) is 0 Å². The van der Waals surface area contributed by atoms with Gasteiger partial charge in [0.25, 0.3) is 5.56 Å². The van der Waals surface area contributed by atoms with E-state index in [4.69, 9.17) is 0 Å². The van der Waals surface area contributed by atoms with Crippen molar-refractivity contribution in [3.63, 3.8) is 0 Å². The minimum absolute atomic E-state index is 0.0911. The molecular formula is C8H9BrFNO. The number of nitrogens with zero attached hydrogens (tertiary/aromatic N) is 1. The molecule has 2 nitrogen and oxygen atoms in total. The number of alkyl halides is 1. The summed E-state index contributed by atoms with van der Waals surface area (Å²) >= 11 is 3.23. The first-order valence-corrected chi connectivity index (χ1v) is 4.45. The zero-order valence-corrected chi connectivity index (χ0v) is 8.05. The zero-order valence-electron chi connectivity index (χ0n) is 6.46. The molecule has 0 amide bonds. The maximum atomic E-state index is 11.8. The van der Waals surface area contributed by atoms with Crippen LogP contribution in [0.2, 0.25) is 0 Å². The highest BCUT2D eigenvalue weighted by Gasteiger charge is 1.95. The Morgan fingerprint density at radius 1 is 1.50 bits per heavy atom. The van der Waals surface area contributed by atoms with Gasteiger partial charge in [-0.3, -0.25) is 9.18 Å². The summed E-state index contributed by atoms with van der Waals surface area (Å²) in [5, 5.41) is 0. The van der Waals surface area contributed by atoms with E-state index in [9.17, 15) is 9.18 Å². The summed E-state index contributed by atoms with van der Waals surface area (Å²) in [7, 11) is 0. The normalized spacial score (nSPS) is 10.2. The lowest BCUT2D eigenvalue weighted by atomic mass is 10.4. The molecule has 1 aromatic rings. The van der Waals surface area contributed by atoms with Crippen LogP contribution < -0.4 is 5.56 Å². The van der Waals surface area contributed by atoms with Gasteiger partial charge >= 0.3 is 0 Å². The molecule has 12 heavy (non-hydrogen) atoms. The third-order valence-electron chi connectivity index (χ3n) is 1.48. The molecule has 0 fully saturated rings. The number of aromatic nitrogens is 1. The van der Waals surface area contributed by atoms with Crippen LogP contribution in [0.5, 0.6) is 0 Å². The van der Waals surface area contributed by atoms with Crippen molar-refractivity contribution in [2.24, 2.45) is 0 Å². The van der Waals surface area contributed by atoms with Gasteiger partial charge < -0.3 is 4.57 Å². The Labute approximate surface area is 78.2 Å². The van der Waals surface area contributed by atoms with Gasteiger partial charge in [0.2, 0.25) is 0 Å². The third kappa shape index (κ3) is 2.44. The largest absolute Gasteiger partial charge is 0.314 e. The van der Waals surface area contributed by atoms with Crippen molar-refractivity contribution in [2.75, 3.05) is 6.67 Å². The first-order chi connectivity index (χ1) is 5.74. The van der Waals surface area contributed by atoms with Crippen LogP contribution in [0, 0.1) is 0 Å². The van der Waals surface area contributed by atoms with E-state index < -0.39 is 0 Å². The molecule has 1 heterocycles. The zero-order chi connectivity index (χ0) is 8.97. The lowest BCUT2D eigenvalue weighted by molar-refractivity contribution is 0.443. The summed E-state index contributed by atoms with van der Waals surface area (Å²) in [4.78, 5) is 11.1. The standard InChI is InChI=1S/C8H9BrFNO/c9-7-2-3-8(12)11(6-7)5-1-4-10/h2-3,6H,1,4-5H2. The van der Waals surface area contributed by atoms with Crippen LogP contribution in [0.1, 0.15) is 6.42 Å². The lowest BCUT2D eigenvalue weighted by Gasteiger charge is -2.02. The van der Waals surface area contributed by atoms with Crippen molar-refractivity contribution in [2.45, 2.75) is 13.0 Å². The quantitative estimate of drug-likeness (QED) is 0.783. The van der Waals surface area contributed by atoms with Crippen molar-refractivity contribution in [3.8, 4) is 0 Å². The van der Waals surface area contributed by atoms with Gasteiger partial charge in [0.15, 0.2) is 0 Å². The third-order valence-corrected chi connectivity index (χ3v) is 1.95. The molecule has 0 aromatic carbocycles. The van der Waals surface area contributed by atoms with Gasteiger partial charge in [0.05, 0.1) is 6.67 Å². The van der Waals surface area contributed by atoms with E-state index in [1.807, 2.05) is 0 Å². The molecule has 66 valence electrons. The molecule has 4 heteroatoms. The van der Waals surface area contributed by atoms with Crippen LogP contribution in [-0.2, 0) is 6.54 Å². The summed E-state index contributed by atoms with van der Waals surface area (Å²) in [6.07, 6.45) is 2.05. The molecule has 0 aliphatic heterocycles. The Morgan fingerprint density at radius 2 is 2.25 bits per heavy atom. The second kappa shape index (κ2) is 4.40. The second-order valence-electron chi connectivity index (χ2n) is 2.42. The van der Waals surface area contributed by atoms with Crippen molar-refractivity contribution in [1.82, 2.24) is 4.57 Å². The molecule has 0 spiro atoms. The maximum absolute atomic E-state index is 11.8. The molecule has 0 saturated carbocycles. The summed E-state index contributed by atoms with van der Waals surface area (Å²) in [5.74, 6) is 0. The van der Waals surface area contributed by atoms with E-state index in [2.05, 4.69) is 15.9 Å². The molecule has 1 aromatic heterocycles. The molecule has 0 aliphatic carbocycles. The molecule has 0 atom stereocenters. The molecule has 0 bridgehead atoms. The minimum Gasteiger partial charge on any atom is -0.314 e. The van der Waals surface area contributed by atoms with E-state index in [-0.39, 0.29) is 12.2 Å². The van der Waals surface area contributed by atoms with Gasteiger partial charge in [-0.25, -0.2) is 0 Å². The number of hydrogen-bond acceptors (Lipinski definition) is 1. The molecule has 0 N–H and O–H groups in total. The van der Waals surface area contributed by atoms with Gasteiger partial charge in [0.1, 0.15) is 0 Å². The number of pyridine rings is 1.